The zero-order valence-electron chi connectivity index (χ0n) is 13.1. The number of nitrogens with one attached hydrogen (secondary N) is 1. The largest absolute Gasteiger partial charge is 0.368 e. The Bertz CT molecular complexity index is 391. The molecule has 1 N–H and O–H groups in total. The van der Waals surface area contributed by atoms with Gasteiger partial charge in [-0.1, -0.05) is 19.9 Å². The van der Waals surface area contributed by atoms with Crippen molar-refractivity contribution in [1.82, 2.24) is 10.2 Å². The van der Waals surface area contributed by atoms with Gasteiger partial charge in [-0.15, -0.1) is 11.3 Å². The van der Waals surface area contributed by atoms with Gasteiger partial charge in [0.05, 0.1) is 6.04 Å². The molecule has 0 bridgehead atoms. The number of carbonyl (C=O) groups is 1. The maximum Gasteiger partial charge on any atom is 0.248 e. The summed E-state index contributed by atoms with van der Waals surface area (Å²) in [6, 6.07) is 4.34. The molecule has 2 atom stereocenters. The number of likely N-dealkylation sites (N-methyl/N-ethyl adjacent to an activating group) is 1. The molecule has 4 nitrogen and oxygen atoms in total. The summed E-state index contributed by atoms with van der Waals surface area (Å²) in [5, 5.41) is 5.03. The van der Waals surface area contributed by atoms with E-state index in [1.54, 1.807) is 18.3 Å². The number of amides is 1. The molecule has 114 valence electrons. The number of hydrogen-bond donors (Lipinski definition) is 1. The number of carbonyl (C=O) groups excluding carboxylic acids is 1. The van der Waals surface area contributed by atoms with Crippen molar-refractivity contribution < 1.29 is 9.53 Å². The second-order valence-corrected chi connectivity index (χ2v) is 6.59. The predicted molar refractivity (Wildman–Crippen MR) is 84.0 cm³/mol. The fourth-order valence-electron chi connectivity index (χ4n) is 1.77. The Morgan fingerprint density at radius 3 is 2.60 bits per heavy atom. The van der Waals surface area contributed by atoms with Crippen molar-refractivity contribution in [3.63, 3.8) is 0 Å². The van der Waals surface area contributed by atoms with Crippen LogP contribution in [0.15, 0.2) is 17.5 Å². The van der Waals surface area contributed by atoms with Gasteiger partial charge >= 0.3 is 0 Å². The molecule has 1 heterocycles. The molecule has 0 saturated heterocycles. The Kier molecular flexibility index (Phi) is 7.19. The fraction of sp³-hybridized carbons (Fsp3) is 0.667. The van der Waals surface area contributed by atoms with Crippen molar-refractivity contribution in [2.45, 2.75) is 32.9 Å². The Labute approximate surface area is 126 Å². The summed E-state index contributed by atoms with van der Waals surface area (Å²) < 4.78 is 5.53. The first-order chi connectivity index (χ1) is 9.41. The SMILES string of the molecule is CC(C)CO[C@H](C)C(=O)NC[C@H](c1cccs1)N(C)C. The predicted octanol–water partition coefficient (Wildman–Crippen LogP) is 2.53. The third-order valence-corrected chi connectivity index (χ3v) is 3.99. The Morgan fingerprint density at radius 2 is 2.10 bits per heavy atom. The van der Waals surface area contributed by atoms with E-state index >= 15 is 0 Å². The van der Waals surface area contributed by atoms with Gasteiger partial charge in [-0.3, -0.25) is 4.79 Å². The van der Waals surface area contributed by atoms with Crippen molar-refractivity contribution in [2.75, 3.05) is 27.2 Å². The highest BCUT2D eigenvalue weighted by molar-refractivity contribution is 7.10. The molecule has 0 radical (unpaired) electrons. The van der Waals surface area contributed by atoms with Crippen LogP contribution in [-0.2, 0) is 9.53 Å². The van der Waals surface area contributed by atoms with Gasteiger partial charge in [-0.2, -0.15) is 0 Å². The summed E-state index contributed by atoms with van der Waals surface area (Å²) in [5.74, 6) is 0.389. The molecule has 5 heteroatoms. The van der Waals surface area contributed by atoms with Gasteiger partial charge in [0.2, 0.25) is 5.91 Å². The van der Waals surface area contributed by atoms with Gasteiger partial charge in [-0.25, -0.2) is 0 Å². The van der Waals surface area contributed by atoms with Crippen LogP contribution < -0.4 is 5.32 Å². The van der Waals surface area contributed by atoms with Crippen LogP contribution in [0.1, 0.15) is 31.7 Å². The maximum absolute atomic E-state index is 12.0. The van der Waals surface area contributed by atoms with Crippen molar-refractivity contribution in [1.29, 1.82) is 0 Å². The standard InChI is InChI=1S/C15H26N2O2S/c1-11(2)10-19-12(3)15(18)16-9-13(17(4)5)14-7-6-8-20-14/h6-8,11-13H,9-10H2,1-5H3,(H,16,18)/t12-,13-/m1/s1. The third kappa shape index (κ3) is 5.61. The van der Waals surface area contributed by atoms with Gasteiger partial charge in [0, 0.05) is 18.0 Å². The highest BCUT2D eigenvalue weighted by Gasteiger charge is 2.19. The number of rotatable bonds is 8. The Morgan fingerprint density at radius 1 is 1.40 bits per heavy atom. The summed E-state index contributed by atoms with van der Waals surface area (Å²) in [6.45, 7) is 7.15. The lowest BCUT2D eigenvalue weighted by molar-refractivity contribution is -0.132. The van der Waals surface area contributed by atoms with E-state index in [0.717, 1.165) is 0 Å². The van der Waals surface area contributed by atoms with Crippen LogP contribution >= 0.6 is 11.3 Å². The monoisotopic (exact) mass is 298 g/mol. The van der Waals surface area contributed by atoms with Gasteiger partial charge < -0.3 is 15.0 Å². The second-order valence-electron chi connectivity index (χ2n) is 5.61. The number of ether oxygens (including phenoxy) is 1. The van der Waals surface area contributed by atoms with Crippen LogP contribution in [0.4, 0.5) is 0 Å². The zero-order chi connectivity index (χ0) is 15.1. The average Bonchev–Trinajstić information content (AvgIpc) is 2.89. The van der Waals surface area contributed by atoms with E-state index in [9.17, 15) is 4.79 Å². The molecule has 0 fully saturated rings. The van der Waals surface area contributed by atoms with E-state index in [0.29, 0.717) is 19.1 Å². The minimum atomic E-state index is -0.399. The molecule has 0 aliphatic heterocycles. The fourth-order valence-corrected chi connectivity index (χ4v) is 2.69. The highest BCUT2D eigenvalue weighted by atomic mass is 32.1. The first kappa shape index (κ1) is 17.1. The molecule has 0 aromatic carbocycles. The highest BCUT2D eigenvalue weighted by Crippen LogP contribution is 2.22. The topological polar surface area (TPSA) is 41.6 Å². The molecule has 0 aliphatic rings. The molecular weight excluding hydrogens is 272 g/mol. The second kappa shape index (κ2) is 8.39. The quantitative estimate of drug-likeness (QED) is 0.802. The summed E-state index contributed by atoms with van der Waals surface area (Å²) in [4.78, 5) is 15.4. The molecule has 1 aromatic heterocycles. The minimum Gasteiger partial charge on any atom is -0.368 e. The first-order valence-corrected chi connectivity index (χ1v) is 7.89. The summed E-state index contributed by atoms with van der Waals surface area (Å²) in [7, 11) is 4.05. The maximum atomic E-state index is 12.0. The van der Waals surface area contributed by atoms with Crippen LogP contribution in [0.3, 0.4) is 0 Å². The van der Waals surface area contributed by atoms with Crippen LogP contribution in [0.25, 0.3) is 0 Å². The molecule has 20 heavy (non-hydrogen) atoms. The molecule has 1 rings (SSSR count). The van der Waals surface area contributed by atoms with E-state index in [1.807, 2.05) is 20.2 Å². The Balaban J connectivity index is 2.45. The normalized spacial score (nSPS) is 14.6. The molecule has 0 saturated carbocycles. The lowest BCUT2D eigenvalue weighted by Crippen LogP contribution is -2.40. The smallest absolute Gasteiger partial charge is 0.248 e. The van der Waals surface area contributed by atoms with E-state index in [1.165, 1.54) is 4.88 Å². The summed E-state index contributed by atoms with van der Waals surface area (Å²) in [6.07, 6.45) is -0.399. The number of thiophene rings is 1. The molecule has 0 unspecified atom stereocenters. The van der Waals surface area contributed by atoms with Crippen molar-refractivity contribution >= 4 is 17.2 Å². The van der Waals surface area contributed by atoms with Crippen LogP contribution in [-0.4, -0.2) is 44.2 Å². The number of hydrogen-bond acceptors (Lipinski definition) is 4. The van der Waals surface area contributed by atoms with Crippen LogP contribution in [0.2, 0.25) is 0 Å². The van der Waals surface area contributed by atoms with Crippen molar-refractivity contribution in [2.24, 2.45) is 5.92 Å². The van der Waals surface area contributed by atoms with Gasteiger partial charge in [0.25, 0.3) is 0 Å². The van der Waals surface area contributed by atoms with Gasteiger partial charge in [0.1, 0.15) is 6.10 Å². The zero-order valence-corrected chi connectivity index (χ0v) is 13.9. The molecule has 0 aliphatic carbocycles. The average molecular weight is 298 g/mol. The van der Waals surface area contributed by atoms with E-state index in [2.05, 4.69) is 35.5 Å². The van der Waals surface area contributed by atoms with Crippen molar-refractivity contribution in [3.8, 4) is 0 Å². The van der Waals surface area contributed by atoms with Gasteiger partial charge in [-0.05, 0) is 38.4 Å². The Hall–Kier alpha value is -0.910. The molecule has 0 spiro atoms. The van der Waals surface area contributed by atoms with Crippen LogP contribution in [0.5, 0.6) is 0 Å². The molecule has 1 amide bonds. The van der Waals surface area contributed by atoms with E-state index < -0.39 is 6.10 Å². The summed E-state index contributed by atoms with van der Waals surface area (Å²) >= 11 is 1.71. The van der Waals surface area contributed by atoms with Gasteiger partial charge in [0.15, 0.2) is 0 Å². The third-order valence-electron chi connectivity index (χ3n) is 3.01. The van der Waals surface area contributed by atoms with Crippen molar-refractivity contribution in [3.05, 3.63) is 22.4 Å². The number of nitrogens with zero attached hydrogens (tertiary/aromatic N) is 1. The van der Waals surface area contributed by atoms with E-state index in [-0.39, 0.29) is 11.9 Å². The first-order valence-electron chi connectivity index (χ1n) is 7.01. The lowest BCUT2D eigenvalue weighted by Gasteiger charge is -2.24. The van der Waals surface area contributed by atoms with Crippen LogP contribution in [0, 0.1) is 5.92 Å². The molecular formula is C15H26N2O2S. The lowest BCUT2D eigenvalue weighted by atomic mass is 10.2. The minimum absolute atomic E-state index is 0.0472. The summed E-state index contributed by atoms with van der Waals surface area (Å²) in [5.41, 5.74) is 0. The molecule has 1 aromatic rings. The van der Waals surface area contributed by atoms with E-state index in [4.69, 9.17) is 4.74 Å².